The number of β-amino-alcohol motifs (C(OH)–C–C–N with tert-alkyl or cyclic N) is 1. The van der Waals surface area contributed by atoms with E-state index in [1.807, 2.05) is 24.3 Å². The van der Waals surface area contributed by atoms with Gasteiger partial charge in [-0.2, -0.15) is 0 Å². The van der Waals surface area contributed by atoms with Crippen molar-refractivity contribution in [1.82, 2.24) is 10.2 Å². The number of benzene rings is 1. The molecule has 1 aromatic carbocycles. The van der Waals surface area contributed by atoms with Crippen LogP contribution in [0.25, 0.3) is 0 Å². The van der Waals surface area contributed by atoms with Gasteiger partial charge in [-0.15, -0.1) is 6.42 Å². The summed E-state index contributed by atoms with van der Waals surface area (Å²) in [6.45, 7) is 4.49. The van der Waals surface area contributed by atoms with Crippen LogP contribution in [0.5, 0.6) is 5.75 Å². The molecule has 0 radical (unpaired) electrons. The van der Waals surface area contributed by atoms with E-state index in [0.29, 0.717) is 13.1 Å². The molecule has 1 heterocycles. The lowest BCUT2D eigenvalue weighted by molar-refractivity contribution is 0.123. The van der Waals surface area contributed by atoms with Crippen LogP contribution >= 0.6 is 0 Å². The summed E-state index contributed by atoms with van der Waals surface area (Å²) in [7, 11) is 0. The van der Waals surface area contributed by atoms with Crippen molar-refractivity contribution in [3.63, 3.8) is 0 Å². The predicted octanol–water partition coefficient (Wildman–Crippen LogP) is 1.24. The molecule has 114 valence electrons. The maximum atomic E-state index is 10.0. The molecule has 2 N–H and O–H groups in total. The molecule has 4 heteroatoms. The van der Waals surface area contributed by atoms with Gasteiger partial charge in [-0.05, 0) is 32.0 Å². The quantitative estimate of drug-likeness (QED) is 0.707. The van der Waals surface area contributed by atoms with E-state index in [-0.39, 0.29) is 12.7 Å². The highest BCUT2D eigenvalue weighted by Crippen LogP contribution is 2.17. The lowest BCUT2D eigenvalue weighted by atomic mass is 10.2. The predicted molar refractivity (Wildman–Crippen MR) is 84.2 cm³/mol. The van der Waals surface area contributed by atoms with Gasteiger partial charge < -0.3 is 20.1 Å². The zero-order valence-electron chi connectivity index (χ0n) is 12.4. The number of likely N-dealkylation sites (tertiary alicyclic amines) is 1. The first-order valence-electron chi connectivity index (χ1n) is 7.55. The lowest BCUT2D eigenvalue weighted by Crippen LogP contribution is -2.36. The average molecular weight is 288 g/mol. The fraction of sp³-hybridized carbons (Fsp3) is 0.529. The van der Waals surface area contributed by atoms with E-state index in [2.05, 4.69) is 16.1 Å². The van der Waals surface area contributed by atoms with Crippen LogP contribution in [0, 0.1) is 12.3 Å². The van der Waals surface area contributed by atoms with E-state index < -0.39 is 0 Å². The number of hydrogen-bond acceptors (Lipinski definition) is 4. The first kappa shape index (κ1) is 15.8. The highest BCUT2D eigenvalue weighted by Gasteiger charge is 2.15. The molecule has 1 atom stereocenters. The zero-order chi connectivity index (χ0) is 14.9. The van der Waals surface area contributed by atoms with Crippen LogP contribution in [0.15, 0.2) is 24.3 Å². The molecule has 0 aromatic heterocycles. The number of aliphatic hydroxyl groups excluding tert-OH is 1. The smallest absolute Gasteiger partial charge is 0.148 e. The molecular weight excluding hydrogens is 264 g/mol. The number of rotatable bonds is 8. The normalized spacial score (nSPS) is 16.6. The van der Waals surface area contributed by atoms with Gasteiger partial charge in [0.25, 0.3) is 0 Å². The van der Waals surface area contributed by atoms with Crippen LogP contribution in [-0.4, -0.2) is 48.9 Å². The van der Waals surface area contributed by atoms with E-state index in [4.69, 9.17) is 11.2 Å². The molecule has 1 saturated heterocycles. The third-order valence-corrected chi connectivity index (χ3v) is 3.65. The highest BCUT2D eigenvalue weighted by atomic mass is 16.5. The topological polar surface area (TPSA) is 44.7 Å². The van der Waals surface area contributed by atoms with Gasteiger partial charge in [-0.25, -0.2) is 0 Å². The highest BCUT2D eigenvalue weighted by molar-refractivity contribution is 5.33. The molecule has 0 aliphatic carbocycles. The molecular formula is C17H24N2O2. The molecule has 0 spiro atoms. The molecule has 1 fully saturated rings. The average Bonchev–Trinajstić information content (AvgIpc) is 2.99. The Morgan fingerprint density at radius 2 is 2.10 bits per heavy atom. The van der Waals surface area contributed by atoms with Gasteiger partial charge in [-0.3, -0.25) is 0 Å². The van der Waals surface area contributed by atoms with Crippen LogP contribution in [-0.2, 0) is 6.54 Å². The third-order valence-electron chi connectivity index (χ3n) is 3.65. The molecule has 1 aliphatic rings. The van der Waals surface area contributed by atoms with Crippen molar-refractivity contribution in [3.8, 4) is 18.1 Å². The Hall–Kier alpha value is -1.54. The number of para-hydroxylation sites is 1. The van der Waals surface area contributed by atoms with Gasteiger partial charge in [0.15, 0.2) is 0 Å². The van der Waals surface area contributed by atoms with Crippen molar-refractivity contribution in [3.05, 3.63) is 29.8 Å². The second kappa shape index (κ2) is 8.68. The Labute approximate surface area is 127 Å². The summed E-state index contributed by atoms with van der Waals surface area (Å²) in [6, 6.07) is 7.82. The Balaban J connectivity index is 1.73. The van der Waals surface area contributed by atoms with Gasteiger partial charge >= 0.3 is 0 Å². The van der Waals surface area contributed by atoms with E-state index in [0.717, 1.165) is 30.9 Å². The maximum absolute atomic E-state index is 10.0. The molecule has 0 amide bonds. The minimum Gasteiger partial charge on any atom is -0.481 e. The minimum atomic E-state index is -0.332. The second-order valence-corrected chi connectivity index (χ2v) is 5.39. The Bertz CT molecular complexity index is 464. The molecule has 1 aliphatic heterocycles. The Morgan fingerprint density at radius 1 is 1.33 bits per heavy atom. The van der Waals surface area contributed by atoms with Crippen molar-refractivity contribution >= 4 is 0 Å². The van der Waals surface area contributed by atoms with Crippen molar-refractivity contribution < 1.29 is 9.84 Å². The minimum absolute atomic E-state index is 0.272. The fourth-order valence-corrected chi connectivity index (χ4v) is 2.61. The number of aliphatic hydroxyl groups is 1. The van der Waals surface area contributed by atoms with Gasteiger partial charge in [0, 0.05) is 25.2 Å². The van der Waals surface area contributed by atoms with Crippen LogP contribution in [0.1, 0.15) is 18.4 Å². The largest absolute Gasteiger partial charge is 0.481 e. The van der Waals surface area contributed by atoms with Crippen molar-refractivity contribution in [2.45, 2.75) is 25.5 Å². The van der Waals surface area contributed by atoms with Crippen LogP contribution in [0.4, 0.5) is 0 Å². The Kier molecular flexibility index (Phi) is 6.55. The lowest BCUT2D eigenvalue weighted by Gasteiger charge is -2.20. The molecule has 0 bridgehead atoms. The number of nitrogens with one attached hydrogen (secondary N) is 1. The molecule has 4 nitrogen and oxygen atoms in total. The number of terminal acetylenes is 1. The number of ether oxygens (including phenoxy) is 1. The van der Waals surface area contributed by atoms with E-state index in [1.54, 1.807) is 0 Å². The standard InChI is InChI=1S/C17H24N2O2/c1-2-11-21-17-8-4-3-7-15(17)12-18-13-16(20)14-19-9-5-6-10-19/h1,3-4,7-8,16,18,20H,5-6,9-14H2. The van der Waals surface area contributed by atoms with Crippen molar-refractivity contribution in [1.29, 1.82) is 0 Å². The summed E-state index contributed by atoms with van der Waals surface area (Å²) in [5, 5.41) is 13.3. The third kappa shape index (κ3) is 5.39. The van der Waals surface area contributed by atoms with Gasteiger partial charge in [-0.1, -0.05) is 24.1 Å². The maximum Gasteiger partial charge on any atom is 0.148 e. The summed E-state index contributed by atoms with van der Waals surface area (Å²) >= 11 is 0. The van der Waals surface area contributed by atoms with Crippen LogP contribution in [0.3, 0.4) is 0 Å². The molecule has 2 rings (SSSR count). The molecule has 1 unspecified atom stereocenters. The monoisotopic (exact) mass is 288 g/mol. The van der Waals surface area contributed by atoms with E-state index >= 15 is 0 Å². The van der Waals surface area contributed by atoms with Gasteiger partial charge in [0.05, 0.1) is 6.10 Å². The number of hydrogen-bond donors (Lipinski definition) is 2. The van der Waals surface area contributed by atoms with E-state index in [9.17, 15) is 5.11 Å². The first-order chi connectivity index (χ1) is 10.3. The fourth-order valence-electron chi connectivity index (χ4n) is 2.61. The summed E-state index contributed by atoms with van der Waals surface area (Å²) in [5.41, 5.74) is 1.06. The number of nitrogens with zero attached hydrogens (tertiary/aromatic N) is 1. The first-order valence-corrected chi connectivity index (χ1v) is 7.55. The Morgan fingerprint density at radius 3 is 2.86 bits per heavy atom. The van der Waals surface area contributed by atoms with Gasteiger partial charge in [0.1, 0.15) is 12.4 Å². The van der Waals surface area contributed by atoms with Crippen molar-refractivity contribution in [2.75, 3.05) is 32.8 Å². The van der Waals surface area contributed by atoms with Crippen LogP contribution in [0.2, 0.25) is 0 Å². The summed E-state index contributed by atoms with van der Waals surface area (Å²) in [5.74, 6) is 3.27. The van der Waals surface area contributed by atoms with Crippen LogP contribution < -0.4 is 10.1 Å². The summed E-state index contributed by atoms with van der Waals surface area (Å²) < 4.78 is 5.50. The van der Waals surface area contributed by atoms with Crippen molar-refractivity contribution in [2.24, 2.45) is 0 Å². The molecule has 21 heavy (non-hydrogen) atoms. The molecule has 0 saturated carbocycles. The van der Waals surface area contributed by atoms with E-state index in [1.165, 1.54) is 12.8 Å². The zero-order valence-corrected chi connectivity index (χ0v) is 12.4. The second-order valence-electron chi connectivity index (χ2n) is 5.39. The molecule has 1 aromatic rings. The SMILES string of the molecule is C#CCOc1ccccc1CNCC(O)CN1CCCC1. The summed E-state index contributed by atoms with van der Waals surface area (Å²) in [4.78, 5) is 2.32. The summed E-state index contributed by atoms with van der Waals surface area (Å²) in [6.07, 6.45) is 7.38. The van der Waals surface area contributed by atoms with Gasteiger partial charge in [0.2, 0.25) is 0 Å².